The van der Waals surface area contributed by atoms with Crippen LogP contribution in [-0.2, 0) is 13.1 Å². The lowest BCUT2D eigenvalue weighted by Crippen LogP contribution is -2.36. The van der Waals surface area contributed by atoms with Crippen LogP contribution in [0.3, 0.4) is 0 Å². The quantitative estimate of drug-likeness (QED) is 0.666. The van der Waals surface area contributed by atoms with E-state index < -0.39 is 11.1 Å². The van der Waals surface area contributed by atoms with E-state index >= 15 is 0 Å². The van der Waals surface area contributed by atoms with E-state index in [1.165, 1.54) is 11.7 Å². The topological polar surface area (TPSA) is 106 Å². The highest BCUT2D eigenvalue weighted by Crippen LogP contribution is 2.12. The van der Waals surface area contributed by atoms with Crippen molar-refractivity contribution >= 4 is 16.9 Å². The van der Waals surface area contributed by atoms with Gasteiger partial charge in [0.15, 0.2) is 0 Å². The number of nitrogens with zero attached hydrogens (tertiary/aromatic N) is 2. The van der Waals surface area contributed by atoms with Gasteiger partial charge in [0.05, 0.1) is 18.1 Å². The van der Waals surface area contributed by atoms with Crippen LogP contribution in [0.4, 0.5) is 0 Å². The number of pyridine rings is 1. The number of H-pyrrole nitrogens is 1. The van der Waals surface area contributed by atoms with Crippen LogP contribution in [0, 0.1) is 0 Å². The van der Waals surface area contributed by atoms with Gasteiger partial charge in [-0.05, 0) is 30.7 Å². The maximum absolute atomic E-state index is 12.4. The Hall–Kier alpha value is -3.42. The molecule has 0 saturated heterocycles. The first-order valence-corrected chi connectivity index (χ1v) is 8.07. The van der Waals surface area contributed by atoms with Gasteiger partial charge in [0.25, 0.3) is 5.91 Å². The Labute approximate surface area is 148 Å². The number of ether oxygens (including phenoxy) is 1. The number of methoxy groups -OCH3 is 1. The van der Waals surface area contributed by atoms with Crippen LogP contribution < -0.4 is 21.2 Å². The molecule has 8 nitrogen and oxygen atoms in total. The maximum Gasteiger partial charge on any atom is 0.316 e. The van der Waals surface area contributed by atoms with Crippen molar-refractivity contribution < 1.29 is 9.53 Å². The summed E-state index contributed by atoms with van der Waals surface area (Å²) in [5, 5.41) is 2.79. The third kappa shape index (κ3) is 3.34. The van der Waals surface area contributed by atoms with Crippen LogP contribution >= 0.6 is 0 Å². The van der Waals surface area contributed by atoms with E-state index in [0.717, 1.165) is 5.56 Å². The maximum atomic E-state index is 12.4. The molecular weight excluding hydrogens is 336 g/mol. The molecule has 0 spiro atoms. The van der Waals surface area contributed by atoms with Crippen molar-refractivity contribution in [1.82, 2.24) is 19.9 Å². The summed E-state index contributed by atoms with van der Waals surface area (Å²) >= 11 is 0. The fourth-order valence-electron chi connectivity index (χ4n) is 2.66. The summed E-state index contributed by atoms with van der Waals surface area (Å²) in [6.45, 7) is 2.46. The molecule has 3 aromatic rings. The molecule has 0 fully saturated rings. The lowest BCUT2D eigenvalue weighted by Gasteiger charge is -2.09. The highest BCUT2D eigenvalue weighted by molar-refractivity contribution is 5.97. The summed E-state index contributed by atoms with van der Waals surface area (Å²) in [4.78, 5) is 42.6. The summed E-state index contributed by atoms with van der Waals surface area (Å²) in [5.41, 5.74) is 0.915. The van der Waals surface area contributed by atoms with Gasteiger partial charge < -0.3 is 19.6 Å². The average molecular weight is 354 g/mol. The highest BCUT2D eigenvalue weighted by atomic mass is 16.5. The smallest absolute Gasteiger partial charge is 0.316 e. The van der Waals surface area contributed by atoms with Gasteiger partial charge in [-0.15, -0.1) is 0 Å². The van der Waals surface area contributed by atoms with E-state index in [1.807, 2.05) is 6.07 Å². The SMILES string of the molecule is CCn1c(=O)c(=O)[nH]c2cc(C(=O)NCc3ccc(OC)nc3)ccc21. The molecule has 2 aromatic heterocycles. The van der Waals surface area contributed by atoms with Gasteiger partial charge in [-0.1, -0.05) is 6.07 Å². The molecule has 0 aliphatic carbocycles. The molecule has 0 atom stereocenters. The number of carbonyl (C=O) groups is 1. The first-order valence-electron chi connectivity index (χ1n) is 8.07. The zero-order chi connectivity index (χ0) is 18.7. The van der Waals surface area contributed by atoms with Crippen LogP contribution in [-0.4, -0.2) is 27.6 Å². The summed E-state index contributed by atoms with van der Waals surface area (Å²) in [5.74, 6) is 0.207. The average Bonchev–Trinajstić information content (AvgIpc) is 2.67. The minimum Gasteiger partial charge on any atom is -0.481 e. The Morgan fingerprint density at radius 1 is 1.27 bits per heavy atom. The minimum absolute atomic E-state index is 0.294. The molecule has 0 aliphatic heterocycles. The number of benzene rings is 1. The molecule has 0 aliphatic rings. The van der Waals surface area contributed by atoms with Gasteiger partial charge >= 0.3 is 11.1 Å². The van der Waals surface area contributed by atoms with E-state index in [4.69, 9.17) is 4.74 Å². The second-order valence-electron chi connectivity index (χ2n) is 5.63. The molecule has 2 heterocycles. The molecule has 0 saturated carbocycles. The standard InChI is InChI=1S/C18H18N4O4/c1-3-22-14-6-5-12(8-13(14)21-17(24)18(22)25)16(23)20-10-11-4-7-15(26-2)19-9-11/h4-9H,3,10H2,1-2H3,(H,20,23)(H,21,24). The molecule has 0 unspecified atom stereocenters. The van der Waals surface area contributed by atoms with E-state index in [-0.39, 0.29) is 5.91 Å². The zero-order valence-electron chi connectivity index (χ0n) is 14.4. The largest absolute Gasteiger partial charge is 0.481 e. The van der Waals surface area contributed by atoms with E-state index in [0.29, 0.717) is 35.6 Å². The first-order chi connectivity index (χ1) is 12.5. The van der Waals surface area contributed by atoms with Crippen LogP contribution in [0.15, 0.2) is 46.1 Å². The van der Waals surface area contributed by atoms with Crippen LogP contribution in [0.1, 0.15) is 22.8 Å². The minimum atomic E-state index is -0.707. The molecular formula is C18H18N4O4. The van der Waals surface area contributed by atoms with Crippen molar-refractivity contribution in [1.29, 1.82) is 0 Å². The van der Waals surface area contributed by atoms with Gasteiger partial charge in [0, 0.05) is 30.9 Å². The fraction of sp³-hybridized carbons (Fsp3) is 0.222. The molecule has 0 bridgehead atoms. The van der Waals surface area contributed by atoms with E-state index in [1.54, 1.807) is 37.4 Å². The Morgan fingerprint density at radius 3 is 2.73 bits per heavy atom. The Morgan fingerprint density at radius 2 is 2.08 bits per heavy atom. The van der Waals surface area contributed by atoms with Crippen molar-refractivity contribution in [3.05, 3.63) is 68.4 Å². The van der Waals surface area contributed by atoms with Crippen LogP contribution in [0.25, 0.3) is 11.0 Å². The molecule has 3 rings (SSSR count). The van der Waals surface area contributed by atoms with Gasteiger partial charge in [0.1, 0.15) is 0 Å². The normalized spacial score (nSPS) is 10.7. The molecule has 1 amide bonds. The Balaban J connectivity index is 1.83. The molecule has 0 radical (unpaired) electrons. The summed E-state index contributed by atoms with van der Waals surface area (Å²) < 4.78 is 6.36. The predicted octanol–water partition coefficient (Wildman–Crippen LogP) is 1.04. The predicted molar refractivity (Wildman–Crippen MR) is 96.5 cm³/mol. The third-order valence-electron chi connectivity index (χ3n) is 4.01. The number of carbonyl (C=O) groups excluding carboxylic acids is 1. The number of aromatic nitrogens is 3. The molecule has 8 heteroatoms. The lowest BCUT2D eigenvalue weighted by atomic mass is 10.1. The van der Waals surface area contributed by atoms with Crippen molar-refractivity contribution in [3.8, 4) is 5.88 Å². The van der Waals surface area contributed by atoms with Crippen molar-refractivity contribution in [2.24, 2.45) is 0 Å². The lowest BCUT2D eigenvalue weighted by molar-refractivity contribution is 0.0951. The third-order valence-corrected chi connectivity index (χ3v) is 4.01. The number of fused-ring (bicyclic) bond motifs is 1. The number of aryl methyl sites for hydroxylation is 1. The van der Waals surface area contributed by atoms with Gasteiger partial charge in [0.2, 0.25) is 5.88 Å². The Kier molecular flexibility index (Phi) is 4.83. The number of amides is 1. The van der Waals surface area contributed by atoms with Gasteiger partial charge in [-0.3, -0.25) is 14.4 Å². The van der Waals surface area contributed by atoms with Gasteiger partial charge in [-0.2, -0.15) is 0 Å². The Bertz CT molecular complexity index is 1070. The summed E-state index contributed by atoms with van der Waals surface area (Å²) in [6.07, 6.45) is 1.62. The highest BCUT2D eigenvalue weighted by Gasteiger charge is 2.10. The second kappa shape index (κ2) is 7.22. The second-order valence-corrected chi connectivity index (χ2v) is 5.63. The fourth-order valence-corrected chi connectivity index (χ4v) is 2.66. The van der Waals surface area contributed by atoms with Crippen molar-refractivity contribution in [2.75, 3.05) is 7.11 Å². The zero-order valence-corrected chi connectivity index (χ0v) is 14.4. The number of hydrogen-bond acceptors (Lipinski definition) is 5. The molecule has 2 N–H and O–H groups in total. The summed E-state index contributed by atoms with van der Waals surface area (Å²) in [6, 6.07) is 8.36. The summed E-state index contributed by atoms with van der Waals surface area (Å²) in [7, 11) is 1.53. The molecule has 26 heavy (non-hydrogen) atoms. The number of aromatic amines is 1. The number of nitrogens with one attached hydrogen (secondary N) is 2. The first kappa shape index (κ1) is 17.4. The van der Waals surface area contributed by atoms with E-state index in [9.17, 15) is 14.4 Å². The van der Waals surface area contributed by atoms with Crippen molar-refractivity contribution in [3.63, 3.8) is 0 Å². The van der Waals surface area contributed by atoms with E-state index in [2.05, 4.69) is 15.3 Å². The molecule has 1 aromatic carbocycles. The van der Waals surface area contributed by atoms with Crippen molar-refractivity contribution in [2.45, 2.75) is 20.0 Å². The van der Waals surface area contributed by atoms with Gasteiger partial charge in [-0.25, -0.2) is 4.98 Å². The number of hydrogen-bond donors (Lipinski definition) is 2. The number of rotatable bonds is 5. The monoisotopic (exact) mass is 354 g/mol. The van der Waals surface area contributed by atoms with Crippen LogP contribution in [0.5, 0.6) is 5.88 Å². The van der Waals surface area contributed by atoms with Crippen LogP contribution in [0.2, 0.25) is 0 Å². The molecule has 134 valence electrons.